The SMILES string of the molecule is CCCCC/C=C\C/C=C\CCCCCCCC(=O)O[C@H](COC(=O)CCCCCCCCCCCCCCC)COP(=O)(O)OC[C@H](N)C(=O)O. The van der Waals surface area contributed by atoms with E-state index in [-0.39, 0.29) is 19.4 Å². The quantitative estimate of drug-likeness (QED) is 0.0237. The molecule has 12 heteroatoms. The number of carbonyl (C=O) groups excluding carboxylic acids is 2. The lowest BCUT2D eigenvalue weighted by atomic mass is 10.0. The molecule has 0 rings (SSSR count). The van der Waals surface area contributed by atoms with E-state index >= 15 is 0 Å². The average Bonchev–Trinajstić information content (AvgIpc) is 3.12. The fourth-order valence-corrected chi connectivity index (χ4v) is 6.23. The second-order valence-corrected chi connectivity index (χ2v) is 15.2. The maximum absolute atomic E-state index is 12.6. The van der Waals surface area contributed by atoms with Crippen molar-refractivity contribution in [3.8, 4) is 0 Å². The van der Waals surface area contributed by atoms with Crippen LogP contribution in [0.3, 0.4) is 0 Å². The highest BCUT2D eigenvalue weighted by Gasteiger charge is 2.28. The predicted octanol–water partition coefficient (Wildman–Crippen LogP) is 10.3. The highest BCUT2D eigenvalue weighted by molar-refractivity contribution is 7.47. The fourth-order valence-electron chi connectivity index (χ4n) is 5.45. The summed E-state index contributed by atoms with van der Waals surface area (Å²) in [5.74, 6) is -2.39. The zero-order chi connectivity index (χ0) is 38.5. The minimum Gasteiger partial charge on any atom is -0.480 e. The number of esters is 2. The second-order valence-electron chi connectivity index (χ2n) is 13.8. The predicted molar refractivity (Wildman–Crippen MR) is 208 cm³/mol. The molecule has 0 aliphatic carbocycles. The summed E-state index contributed by atoms with van der Waals surface area (Å²) < 4.78 is 32.6. The molecule has 0 aromatic carbocycles. The Bertz CT molecular complexity index is 989. The molecule has 0 aliphatic rings. The summed E-state index contributed by atoms with van der Waals surface area (Å²) in [5.41, 5.74) is 5.32. The topological polar surface area (TPSA) is 172 Å². The molecule has 0 aliphatic heterocycles. The number of unbranched alkanes of at least 4 members (excludes halogenated alkanes) is 20. The van der Waals surface area contributed by atoms with Gasteiger partial charge < -0.3 is 25.2 Å². The fraction of sp³-hybridized carbons (Fsp3) is 0.825. The molecule has 0 saturated carbocycles. The zero-order valence-electron chi connectivity index (χ0n) is 32.7. The molecule has 1 unspecified atom stereocenters. The van der Waals surface area contributed by atoms with Crippen molar-refractivity contribution in [3.05, 3.63) is 24.3 Å². The van der Waals surface area contributed by atoms with Crippen molar-refractivity contribution >= 4 is 25.7 Å². The van der Waals surface area contributed by atoms with E-state index in [4.69, 9.17) is 24.8 Å². The molecular formula is C40H74NO10P. The summed E-state index contributed by atoms with van der Waals surface area (Å²) >= 11 is 0. The number of hydrogen-bond donors (Lipinski definition) is 3. The highest BCUT2D eigenvalue weighted by Crippen LogP contribution is 2.43. The number of phosphoric acid groups is 1. The van der Waals surface area contributed by atoms with Crippen LogP contribution in [0, 0.1) is 0 Å². The molecule has 3 atom stereocenters. The maximum Gasteiger partial charge on any atom is 0.472 e. The Morgan fingerprint density at radius 1 is 0.596 bits per heavy atom. The molecule has 0 saturated heterocycles. The van der Waals surface area contributed by atoms with Crippen LogP contribution in [0.5, 0.6) is 0 Å². The van der Waals surface area contributed by atoms with Crippen molar-refractivity contribution in [2.45, 2.75) is 193 Å². The van der Waals surface area contributed by atoms with E-state index in [1.807, 2.05) is 0 Å². The van der Waals surface area contributed by atoms with Crippen molar-refractivity contribution in [1.82, 2.24) is 0 Å². The molecule has 304 valence electrons. The lowest BCUT2D eigenvalue weighted by molar-refractivity contribution is -0.161. The Hall–Kier alpha value is -2.04. The number of allylic oxidation sites excluding steroid dienone is 4. The average molecular weight is 760 g/mol. The molecule has 0 amide bonds. The van der Waals surface area contributed by atoms with Crippen LogP contribution < -0.4 is 5.73 Å². The second kappa shape index (κ2) is 36.0. The first-order chi connectivity index (χ1) is 25.1. The summed E-state index contributed by atoms with van der Waals surface area (Å²) in [6.45, 7) is 2.76. The number of nitrogens with two attached hydrogens (primary N) is 1. The van der Waals surface area contributed by atoms with Gasteiger partial charge in [0.15, 0.2) is 6.10 Å². The monoisotopic (exact) mass is 760 g/mol. The van der Waals surface area contributed by atoms with Gasteiger partial charge in [0.2, 0.25) is 0 Å². The maximum atomic E-state index is 12.6. The van der Waals surface area contributed by atoms with E-state index in [0.29, 0.717) is 12.8 Å². The molecule has 0 spiro atoms. The summed E-state index contributed by atoms with van der Waals surface area (Å²) in [6, 6.07) is -1.52. The molecule has 11 nitrogen and oxygen atoms in total. The highest BCUT2D eigenvalue weighted by atomic mass is 31.2. The third-order valence-corrected chi connectivity index (χ3v) is 9.65. The van der Waals surface area contributed by atoms with Crippen molar-refractivity contribution in [1.29, 1.82) is 0 Å². The Morgan fingerprint density at radius 2 is 1.02 bits per heavy atom. The first-order valence-corrected chi connectivity index (χ1v) is 21.9. The number of aliphatic carboxylic acids is 1. The molecule has 0 bridgehead atoms. The van der Waals surface area contributed by atoms with E-state index in [1.165, 1.54) is 77.0 Å². The van der Waals surface area contributed by atoms with E-state index in [9.17, 15) is 23.8 Å². The number of carboxylic acids is 1. The molecule has 0 radical (unpaired) electrons. The van der Waals surface area contributed by atoms with Crippen LogP contribution in [0.15, 0.2) is 24.3 Å². The molecule has 0 fully saturated rings. The van der Waals surface area contributed by atoms with Gasteiger partial charge in [0, 0.05) is 12.8 Å². The van der Waals surface area contributed by atoms with E-state index in [2.05, 4.69) is 42.7 Å². The smallest absolute Gasteiger partial charge is 0.472 e. The van der Waals surface area contributed by atoms with Crippen molar-refractivity contribution in [3.63, 3.8) is 0 Å². The van der Waals surface area contributed by atoms with Gasteiger partial charge in [0.1, 0.15) is 12.6 Å². The van der Waals surface area contributed by atoms with Gasteiger partial charge in [-0.05, 0) is 44.9 Å². The third kappa shape index (κ3) is 35.0. The van der Waals surface area contributed by atoms with Crippen LogP contribution in [-0.4, -0.2) is 59.9 Å². The van der Waals surface area contributed by atoms with Crippen LogP contribution in [0.25, 0.3) is 0 Å². The van der Waals surface area contributed by atoms with Gasteiger partial charge in [-0.15, -0.1) is 0 Å². The summed E-state index contributed by atoms with van der Waals surface area (Å²) in [7, 11) is -4.71. The van der Waals surface area contributed by atoms with Crippen LogP contribution in [0.2, 0.25) is 0 Å². The Morgan fingerprint density at radius 3 is 1.54 bits per heavy atom. The summed E-state index contributed by atoms with van der Waals surface area (Å²) in [4.78, 5) is 45.8. The molecule has 52 heavy (non-hydrogen) atoms. The zero-order valence-corrected chi connectivity index (χ0v) is 33.5. The van der Waals surface area contributed by atoms with Crippen molar-refractivity contribution in [2.24, 2.45) is 5.73 Å². The molecule has 4 N–H and O–H groups in total. The number of phosphoric ester groups is 1. The Kier molecular flexibility index (Phi) is 34.6. The van der Waals surface area contributed by atoms with Gasteiger partial charge in [-0.2, -0.15) is 0 Å². The molecular weight excluding hydrogens is 685 g/mol. The number of ether oxygens (including phenoxy) is 2. The third-order valence-electron chi connectivity index (χ3n) is 8.70. The van der Waals surface area contributed by atoms with Crippen LogP contribution in [0.1, 0.15) is 181 Å². The largest absolute Gasteiger partial charge is 0.480 e. The van der Waals surface area contributed by atoms with Gasteiger partial charge in [0.25, 0.3) is 0 Å². The number of rotatable bonds is 38. The van der Waals surface area contributed by atoms with Crippen molar-refractivity contribution in [2.75, 3.05) is 19.8 Å². The van der Waals surface area contributed by atoms with Gasteiger partial charge >= 0.3 is 25.7 Å². The van der Waals surface area contributed by atoms with E-state index in [0.717, 1.165) is 64.2 Å². The van der Waals surface area contributed by atoms with Crippen LogP contribution in [-0.2, 0) is 37.5 Å². The molecule has 0 aromatic heterocycles. The van der Waals surface area contributed by atoms with Gasteiger partial charge in [-0.1, -0.05) is 147 Å². The van der Waals surface area contributed by atoms with Crippen LogP contribution in [0.4, 0.5) is 0 Å². The summed E-state index contributed by atoms with van der Waals surface area (Å²) in [6.07, 6.45) is 35.2. The number of carbonyl (C=O) groups is 3. The minimum atomic E-state index is -4.71. The summed E-state index contributed by atoms with van der Waals surface area (Å²) in [5, 5.41) is 8.87. The van der Waals surface area contributed by atoms with Crippen LogP contribution >= 0.6 is 7.82 Å². The minimum absolute atomic E-state index is 0.147. The normalized spacial score (nSPS) is 14.1. The van der Waals surface area contributed by atoms with Gasteiger partial charge in [-0.3, -0.25) is 23.4 Å². The lowest BCUT2D eigenvalue weighted by Crippen LogP contribution is -2.34. The molecule has 0 aromatic rings. The van der Waals surface area contributed by atoms with Crippen molar-refractivity contribution < 1.29 is 47.5 Å². The van der Waals surface area contributed by atoms with E-state index in [1.54, 1.807) is 0 Å². The van der Waals surface area contributed by atoms with Gasteiger partial charge in [-0.25, -0.2) is 4.57 Å². The van der Waals surface area contributed by atoms with E-state index < -0.39 is 51.1 Å². The first kappa shape index (κ1) is 50.0. The van der Waals surface area contributed by atoms with Gasteiger partial charge in [0.05, 0.1) is 13.2 Å². The lowest BCUT2D eigenvalue weighted by Gasteiger charge is -2.20. The first-order valence-electron chi connectivity index (χ1n) is 20.4. The molecule has 0 heterocycles. The number of hydrogen-bond acceptors (Lipinski definition) is 9. The number of carboxylic acid groups (broad SMARTS) is 1. The Balaban J connectivity index is 4.42. The Labute approximate surface area is 315 Å². The standard InChI is InChI=1S/C40H74NO10P/c1-3-5-7-9-11-13-15-17-18-20-22-24-26-28-30-32-39(43)51-36(34-49-52(46,47)50-35-37(41)40(44)45)33-48-38(42)31-29-27-25-23-21-19-16-14-12-10-8-6-4-2/h11,13,17-18,36-37H,3-10,12,14-16,19-35,41H2,1-2H3,(H,44,45)(H,46,47)/b13-11-,18-17-/t36-,37+/m1/s1.